The van der Waals surface area contributed by atoms with Crippen molar-refractivity contribution in [2.24, 2.45) is 7.05 Å². The molecule has 0 fully saturated rings. The van der Waals surface area contributed by atoms with Crippen molar-refractivity contribution in [3.05, 3.63) is 41.7 Å². The predicted molar refractivity (Wildman–Crippen MR) is 84.3 cm³/mol. The highest BCUT2D eigenvalue weighted by Crippen LogP contribution is 2.28. The number of anilines is 1. The normalized spacial score (nSPS) is 18.7. The lowest BCUT2D eigenvalue weighted by Gasteiger charge is -2.30. The number of rotatable bonds is 3. The molecule has 21 heavy (non-hydrogen) atoms. The molecule has 0 saturated carbocycles. The van der Waals surface area contributed by atoms with Crippen LogP contribution in [0.5, 0.6) is 0 Å². The van der Waals surface area contributed by atoms with Gasteiger partial charge in [-0.25, -0.2) is 0 Å². The highest BCUT2D eigenvalue weighted by molar-refractivity contribution is 5.55. The molecule has 0 aliphatic carbocycles. The van der Waals surface area contributed by atoms with Crippen LogP contribution in [0.2, 0.25) is 0 Å². The first-order chi connectivity index (χ1) is 10.1. The number of hydrogen-bond donors (Lipinski definition) is 0. The van der Waals surface area contributed by atoms with Gasteiger partial charge in [-0.05, 0) is 38.6 Å². The number of aromatic nitrogens is 3. The summed E-state index contributed by atoms with van der Waals surface area (Å²) in [5.74, 6) is 0. The average molecular weight is 285 g/mol. The molecule has 0 radical (unpaired) electrons. The van der Waals surface area contributed by atoms with Crippen LogP contribution < -0.4 is 4.90 Å². The van der Waals surface area contributed by atoms with Gasteiger partial charge in [0.2, 0.25) is 0 Å². The first kappa shape index (κ1) is 14.1. The van der Waals surface area contributed by atoms with Gasteiger partial charge in [0, 0.05) is 31.5 Å². The number of aryl methyl sites for hydroxylation is 2. The zero-order chi connectivity index (χ0) is 14.8. The van der Waals surface area contributed by atoms with Gasteiger partial charge in [-0.1, -0.05) is 23.4 Å². The maximum absolute atomic E-state index is 4.24. The summed E-state index contributed by atoms with van der Waals surface area (Å²) in [5, 5.41) is 8.29. The quantitative estimate of drug-likeness (QED) is 0.860. The second-order valence-electron chi connectivity index (χ2n) is 6.05. The van der Waals surface area contributed by atoms with E-state index in [1.165, 1.54) is 17.7 Å². The predicted octanol–water partition coefficient (Wildman–Crippen LogP) is 1.70. The molecule has 0 saturated heterocycles. The SMILES string of the molecule is CN(C)C1CCc2ccccc2N(Cc2cn(C)nn2)C1. The number of likely N-dealkylation sites (N-methyl/N-ethyl adjacent to an activating group) is 1. The molecule has 1 aromatic carbocycles. The summed E-state index contributed by atoms with van der Waals surface area (Å²) in [6.07, 6.45) is 4.33. The summed E-state index contributed by atoms with van der Waals surface area (Å²) < 4.78 is 1.77. The van der Waals surface area contributed by atoms with Crippen LogP contribution in [0.1, 0.15) is 17.7 Å². The smallest absolute Gasteiger partial charge is 0.102 e. The molecular weight excluding hydrogens is 262 g/mol. The molecule has 1 unspecified atom stereocenters. The summed E-state index contributed by atoms with van der Waals surface area (Å²) in [6.45, 7) is 1.84. The molecule has 3 rings (SSSR count). The van der Waals surface area contributed by atoms with Gasteiger partial charge in [0.1, 0.15) is 5.69 Å². The van der Waals surface area contributed by atoms with Crippen LogP contribution in [0, 0.1) is 0 Å². The Morgan fingerprint density at radius 2 is 2.10 bits per heavy atom. The molecule has 1 aliphatic rings. The van der Waals surface area contributed by atoms with E-state index < -0.39 is 0 Å². The van der Waals surface area contributed by atoms with Crippen LogP contribution in [-0.2, 0) is 20.0 Å². The van der Waals surface area contributed by atoms with E-state index in [4.69, 9.17) is 0 Å². The van der Waals surface area contributed by atoms with E-state index >= 15 is 0 Å². The second kappa shape index (κ2) is 5.85. The van der Waals surface area contributed by atoms with Crippen molar-refractivity contribution in [3.8, 4) is 0 Å². The molecule has 1 aliphatic heterocycles. The van der Waals surface area contributed by atoms with Crippen molar-refractivity contribution in [3.63, 3.8) is 0 Å². The number of hydrogen-bond acceptors (Lipinski definition) is 4. The number of fused-ring (bicyclic) bond motifs is 1. The third-order valence-electron chi connectivity index (χ3n) is 4.24. The standard InChI is InChI=1S/C16H23N5/c1-19(2)15-9-8-13-6-4-5-7-16(13)21(12-15)11-14-10-20(3)18-17-14/h4-7,10,15H,8-9,11-12H2,1-3H3. The van der Waals surface area contributed by atoms with Crippen LogP contribution in [0.4, 0.5) is 5.69 Å². The van der Waals surface area contributed by atoms with Gasteiger partial charge in [-0.3, -0.25) is 4.68 Å². The molecule has 0 amide bonds. The highest BCUT2D eigenvalue weighted by atomic mass is 15.4. The fraction of sp³-hybridized carbons (Fsp3) is 0.500. The molecule has 5 heteroatoms. The summed E-state index contributed by atoms with van der Waals surface area (Å²) in [4.78, 5) is 4.77. The van der Waals surface area contributed by atoms with Crippen LogP contribution >= 0.6 is 0 Å². The third-order valence-corrected chi connectivity index (χ3v) is 4.24. The zero-order valence-corrected chi connectivity index (χ0v) is 13.0. The van der Waals surface area contributed by atoms with Crippen LogP contribution in [0.15, 0.2) is 30.5 Å². The molecule has 1 aromatic heterocycles. The average Bonchev–Trinajstić information content (AvgIpc) is 2.78. The fourth-order valence-corrected chi connectivity index (χ4v) is 3.03. The van der Waals surface area contributed by atoms with Crippen molar-refractivity contribution in [1.82, 2.24) is 19.9 Å². The van der Waals surface area contributed by atoms with Crippen molar-refractivity contribution < 1.29 is 0 Å². The maximum atomic E-state index is 4.24. The molecule has 2 aromatic rings. The lowest BCUT2D eigenvalue weighted by atomic mass is 10.1. The molecule has 112 valence electrons. The van der Waals surface area contributed by atoms with Gasteiger partial charge in [-0.2, -0.15) is 0 Å². The highest BCUT2D eigenvalue weighted by Gasteiger charge is 2.23. The molecule has 0 spiro atoms. The lowest BCUT2D eigenvalue weighted by molar-refractivity contribution is 0.283. The third kappa shape index (κ3) is 3.08. The van der Waals surface area contributed by atoms with Gasteiger partial charge < -0.3 is 9.80 Å². The van der Waals surface area contributed by atoms with Crippen molar-refractivity contribution >= 4 is 5.69 Å². The zero-order valence-electron chi connectivity index (χ0n) is 13.0. The number of nitrogens with zero attached hydrogens (tertiary/aromatic N) is 5. The van der Waals surface area contributed by atoms with E-state index in [0.717, 1.165) is 25.2 Å². The Kier molecular flexibility index (Phi) is 3.92. The number of benzene rings is 1. The molecular formula is C16H23N5. The van der Waals surface area contributed by atoms with Crippen LogP contribution in [-0.4, -0.2) is 46.6 Å². The Morgan fingerprint density at radius 1 is 1.29 bits per heavy atom. The Morgan fingerprint density at radius 3 is 2.81 bits per heavy atom. The van der Waals surface area contributed by atoms with E-state index in [2.05, 4.69) is 58.5 Å². The van der Waals surface area contributed by atoms with Gasteiger partial charge in [0.15, 0.2) is 0 Å². The van der Waals surface area contributed by atoms with E-state index in [0.29, 0.717) is 6.04 Å². The monoisotopic (exact) mass is 285 g/mol. The van der Waals surface area contributed by atoms with E-state index in [1.54, 1.807) is 4.68 Å². The first-order valence-corrected chi connectivity index (χ1v) is 7.48. The molecule has 5 nitrogen and oxygen atoms in total. The Hall–Kier alpha value is -1.88. The Bertz CT molecular complexity index is 604. The molecule has 1 atom stereocenters. The van der Waals surface area contributed by atoms with Gasteiger partial charge in [0.25, 0.3) is 0 Å². The van der Waals surface area contributed by atoms with Gasteiger partial charge in [0.05, 0.1) is 6.54 Å². The maximum Gasteiger partial charge on any atom is 0.102 e. The van der Waals surface area contributed by atoms with Crippen molar-refractivity contribution in [1.29, 1.82) is 0 Å². The van der Waals surface area contributed by atoms with E-state index in [1.807, 2.05) is 13.2 Å². The lowest BCUT2D eigenvalue weighted by Crippen LogP contribution is -2.39. The molecule has 2 heterocycles. The minimum Gasteiger partial charge on any atom is -0.364 e. The van der Waals surface area contributed by atoms with Gasteiger partial charge >= 0.3 is 0 Å². The van der Waals surface area contributed by atoms with Crippen molar-refractivity contribution in [2.45, 2.75) is 25.4 Å². The topological polar surface area (TPSA) is 37.2 Å². The summed E-state index contributed by atoms with van der Waals surface area (Å²) >= 11 is 0. The van der Waals surface area contributed by atoms with E-state index in [9.17, 15) is 0 Å². The summed E-state index contributed by atoms with van der Waals surface area (Å²) in [5.41, 5.74) is 3.80. The minimum atomic E-state index is 0.564. The summed E-state index contributed by atoms with van der Waals surface area (Å²) in [6, 6.07) is 9.29. The fourth-order valence-electron chi connectivity index (χ4n) is 3.03. The molecule has 0 bridgehead atoms. The van der Waals surface area contributed by atoms with Gasteiger partial charge in [-0.15, -0.1) is 5.10 Å². The second-order valence-corrected chi connectivity index (χ2v) is 6.05. The first-order valence-electron chi connectivity index (χ1n) is 7.48. The molecule has 0 N–H and O–H groups in total. The van der Waals surface area contributed by atoms with Crippen molar-refractivity contribution in [2.75, 3.05) is 25.5 Å². The number of para-hydroxylation sites is 1. The Labute approximate surface area is 126 Å². The van der Waals surface area contributed by atoms with Crippen LogP contribution in [0.25, 0.3) is 0 Å². The van der Waals surface area contributed by atoms with E-state index in [-0.39, 0.29) is 0 Å². The minimum absolute atomic E-state index is 0.564. The summed E-state index contributed by atoms with van der Waals surface area (Å²) in [7, 11) is 6.25. The van der Waals surface area contributed by atoms with Crippen LogP contribution in [0.3, 0.4) is 0 Å². The Balaban J connectivity index is 1.89. The largest absolute Gasteiger partial charge is 0.364 e.